The molecule has 1 aliphatic heterocycles. The van der Waals surface area contributed by atoms with Gasteiger partial charge in [0.05, 0.1) is 0 Å². The predicted octanol–water partition coefficient (Wildman–Crippen LogP) is 3.22. The molecule has 0 radical (unpaired) electrons. The Labute approximate surface area is 162 Å². The molecule has 1 aromatic heterocycles. The molecule has 1 aliphatic rings. The third kappa shape index (κ3) is 5.86. The normalized spacial score (nSPS) is 18.7. The van der Waals surface area contributed by atoms with Crippen molar-refractivity contribution in [2.45, 2.75) is 50.6 Å². The molecule has 1 fully saturated rings. The van der Waals surface area contributed by atoms with Crippen molar-refractivity contribution in [2.24, 2.45) is 5.92 Å². The largest absolute Gasteiger partial charge is 0.298 e. The highest BCUT2D eigenvalue weighted by molar-refractivity contribution is 7.89. The Morgan fingerprint density at radius 3 is 2.59 bits per heavy atom. The van der Waals surface area contributed by atoms with E-state index in [1.165, 1.54) is 17.3 Å². The molecule has 0 amide bonds. The van der Waals surface area contributed by atoms with Crippen molar-refractivity contribution in [1.82, 2.24) is 14.6 Å². The first-order valence-corrected chi connectivity index (χ1v) is 11.1. The van der Waals surface area contributed by atoms with Gasteiger partial charge in [-0.15, -0.1) is 0 Å². The molecule has 1 atom stereocenters. The third-order valence-corrected chi connectivity index (χ3v) is 6.35. The average molecular weight is 388 g/mol. The van der Waals surface area contributed by atoms with Gasteiger partial charge in [0.15, 0.2) is 0 Å². The number of pyridine rings is 1. The van der Waals surface area contributed by atoms with Crippen LogP contribution in [0.4, 0.5) is 0 Å². The van der Waals surface area contributed by atoms with E-state index in [9.17, 15) is 8.42 Å². The lowest BCUT2D eigenvalue weighted by atomic mass is 10.0. The van der Waals surface area contributed by atoms with Gasteiger partial charge >= 0.3 is 0 Å². The van der Waals surface area contributed by atoms with Crippen LogP contribution in [0.25, 0.3) is 0 Å². The lowest BCUT2D eigenvalue weighted by Crippen LogP contribution is -2.47. The molecule has 0 saturated carbocycles. The van der Waals surface area contributed by atoms with Crippen molar-refractivity contribution in [3.8, 4) is 0 Å². The summed E-state index contributed by atoms with van der Waals surface area (Å²) < 4.78 is 27.9. The van der Waals surface area contributed by atoms with Gasteiger partial charge in [0, 0.05) is 31.5 Å². The summed E-state index contributed by atoms with van der Waals surface area (Å²) in [5, 5.41) is 0. The summed E-state index contributed by atoms with van der Waals surface area (Å²) in [6, 6.07) is 12.0. The quantitative estimate of drug-likeness (QED) is 0.792. The van der Waals surface area contributed by atoms with E-state index in [-0.39, 0.29) is 10.9 Å². The third-order valence-electron chi connectivity index (χ3n) is 4.85. The number of sulfonamides is 1. The monoisotopic (exact) mass is 387 g/mol. The molecule has 27 heavy (non-hydrogen) atoms. The fraction of sp³-hybridized carbons (Fsp3) is 0.476. The Balaban J connectivity index is 1.58. The number of benzene rings is 1. The molecule has 0 bridgehead atoms. The summed E-state index contributed by atoms with van der Waals surface area (Å²) >= 11 is 0. The van der Waals surface area contributed by atoms with Gasteiger partial charge in [0.1, 0.15) is 4.90 Å². The number of hydrogen-bond donors (Lipinski definition) is 1. The van der Waals surface area contributed by atoms with Crippen LogP contribution < -0.4 is 4.72 Å². The molecule has 1 aromatic carbocycles. The van der Waals surface area contributed by atoms with Gasteiger partial charge in [-0.25, -0.2) is 13.1 Å². The van der Waals surface area contributed by atoms with Gasteiger partial charge in [-0.3, -0.25) is 9.88 Å². The predicted molar refractivity (Wildman–Crippen MR) is 108 cm³/mol. The Bertz CT molecular complexity index is 820. The smallest absolute Gasteiger partial charge is 0.242 e. The molecule has 1 saturated heterocycles. The van der Waals surface area contributed by atoms with E-state index in [4.69, 9.17) is 0 Å². The SMILES string of the molecule is CC(C)Cc1ccc(CN2CCC[C@@H](NS(=O)(=O)c3cccnc3)C2)cc1. The first kappa shape index (κ1) is 20.0. The minimum absolute atomic E-state index is 0.0656. The molecule has 0 spiro atoms. The minimum Gasteiger partial charge on any atom is -0.298 e. The van der Waals surface area contributed by atoms with E-state index in [0.29, 0.717) is 5.92 Å². The van der Waals surface area contributed by atoms with Crippen LogP contribution in [0.5, 0.6) is 0 Å². The molecule has 1 N–H and O–H groups in total. The van der Waals surface area contributed by atoms with Crippen molar-refractivity contribution in [3.05, 3.63) is 59.9 Å². The molecule has 2 aromatic rings. The molecule has 2 heterocycles. The van der Waals surface area contributed by atoms with Crippen molar-refractivity contribution in [1.29, 1.82) is 0 Å². The fourth-order valence-corrected chi connectivity index (χ4v) is 4.82. The van der Waals surface area contributed by atoms with Crippen LogP contribution in [-0.2, 0) is 23.0 Å². The van der Waals surface area contributed by atoms with Crippen LogP contribution in [0.2, 0.25) is 0 Å². The first-order chi connectivity index (χ1) is 12.9. The fourth-order valence-electron chi connectivity index (χ4n) is 3.60. The highest BCUT2D eigenvalue weighted by Gasteiger charge is 2.25. The average Bonchev–Trinajstić information content (AvgIpc) is 2.64. The van der Waals surface area contributed by atoms with Crippen LogP contribution in [-0.4, -0.2) is 37.4 Å². The lowest BCUT2D eigenvalue weighted by molar-refractivity contribution is 0.194. The van der Waals surface area contributed by atoms with Crippen LogP contribution in [0.1, 0.15) is 37.8 Å². The molecule has 6 heteroatoms. The highest BCUT2D eigenvalue weighted by Crippen LogP contribution is 2.17. The zero-order valence-electron chi connectivity index (χ0n) is 16.1. The molecule has 146 valence electrons. The Morgan fingerprint density at radius 2 is 1.93 bits per heavy atom. The van der Waals surface area contributed by atoms with Gasteiger partial charge in [-0.05, 0) is 55.0 Å². The summed E-state index contributed by atoms with van der Waals surface area (Å²) in [7, 11) is -3.51. The number of rotatable bonds is 7. The van der Waals surface area contributed by atoms with Gasteiger partial charge < -0.3 is 0 Å². The summed E-state index contributed by atoms with van der Waals surface area (Å²) in [5.74, 6) is 0.659. The number of nitrogens with zero attached hydrogens (tertiary/aromatic N) is 2. The van der Waals surface area contributed by atoms with Crippen molar-refractivity contribution < 1.29 is 8.42 Å². The summed E-state index contributed by atoms with van der Waals surface area (Å²) in [4.78, 5) is 6.47. The Hall–Kier alpha value is -1.76. The molecular formula is C21H29N3O2S. The second kappa shape index (κ2) is 8.95. The topological polar surface area (TPSA) is 62.3 Å². The molecule has 3 rings (SSSR count). The number of hydrogen-bond acceptors (Lipinski definition) is 4. The van der Waals surface area contributed by atoms with Crippen molar-refractivity contribution >= 4 is 10.0 Å². The Kier molecular flexibility index (Phi) is 6.63. The van der Waals surface area contributed by atoms with Crippen LogP contribution in [0.15, 0.2) is 53.7 Å². The lowest BCUT2D eigenvalue weighted by Gasteiger charge is -2.33. The zero-order valence-corrected chi connectivity index (χ0v) is 17.0. The standard InChI is InChI=1S/C21H29N3O2S/c1-17(2)13-18-7-9-19(10-8-18)15-24-12-4-5-20(16-24)23-27(25,26)21-6-3-11-22-14-21/h3,6-11,14,17,20,23H,4-5,12-13,15-16H2,1-2H3/t20-/m1/s1. The van der Waals surface area contributed by atoms with E-state index in [1.54, 1.807) is 18.3 Å². The Morgan fingerprint density at radius 1 is 1.19 bits per heavy atom. The summed E-state index contributed by atoms with van der Waals surface area (Å²) in [5.41, 5.74) is 2.65. The number of piperidine rings is 1. The minimum atomic E-state index is -3.51. The first-order valence-electron chi connectivity index (χ1n) is 9.65. The van der Waals surface area contributed by atoms with Gasteiger partial charge in [-0.2, -0.15) is 0 Å². The van der Waals surface area contributed by atoms with E-state index < -0.39 is 10.0 Å². The maximum absolute atomic E-state index is 12.5. The highest BCUT2D eigenvalue weighted by atomic mass is 32.2. The molecular weight excluding hydrogens is 358 g/mol. The van der Waals surface area contributed by atoms with Crippen LogP contribution in [0.3, 0.4) is 0 Å². The maximum Gasteiger partial charge on any atom is 0.242 e. The second-order valence-electron chi connectivity index (χ2n) is 7.80. The van der Waals surface area contributed by atoms with Crippen LogP contribution in [0, 0.1) is 5.92 Å². The van der Waals surface area contributed by atoms with Crippen molar-refractivity contribution in [2.75, 3.05) is 13.1 Å². The molecule has 0 unspecified atom stereocenters. The van der Waals surface area contributed by atoms with E-state index >= 15 is 0 Å². The summed E-state index contributed by atoms with van der Waals surface area (Å²) in [6.07, 6.45) is 5.92. The van der Waals surface area contributed by atoms with Gasteiger partial charge in [0.2, 0.25) is 10.0 Å². The second-order valence-corrected chi connectivity index (χ2v) is 9.51. The molecule has 0 aliphatic carbocycles. The van der Waals surface area contributed by atoms with E-state index in [0.717, 1.165) is 38.9 Å². The summed E-state index contributed by atoms with van der Waals surface area (Å²) in [6.45, 7) is 7.04. The van der Waals surface area contributed by atoms with Crippen LogP contribution >= 0.6 is 0 Å². The van der Waals surface area contributed by atoms with Crippen molar-refractivity contribution in [3.63, 3.8) is 0 Å². The van der Waals surface area contributed by atoms with E-state index in [1.807, 2.05) is 0 Å². The molecule has 5 nitrogen and oxygen atoms in total. The number of aromatic nitrogens is 1. The zero-order chi connectivity index (χ0) is 19.3. The maximum atomic E-state index is 12.5. The van der Waals surface area contributed by atoms with Gasteiger partial charge in [0.25, 0.3) is 0 Å². The van der Waals surface area contributed by atoms with E-state index in [2.05, 4.69) is 52.7 Å². The number of likely N-dealkylation sites (tertiary alicyclic amines) is 1. The van der Waals surface area contributed by atoms with Gasteiger partial charge in [-0.1, -0.05) is 38.1 Å². The number of nitrogens with one attached hydrogen (secondary N) is 1.